The Balaban J connectivity index is 1.98. The van der Waals surface area contributed by atoms with E-state index in [9.17, 15) is 0 Å². The van der Waals surface area contributed by atoms with Crippen LogP contribution in [0.1, 0.15) is 32.4 Å². The van der Waals surface area contributed by atoms with E-state index in [1.165, 1.54) is 5.56 Å². The van der Waals surface area contributed by atoms with Crippen LogP contribution in [0.15, 0.2) is 24.3 Å². The molecule has 0 spiro atoms. The van der Waals surface area contributed by atoms with Gasteiger partial charge in [-0.3, -0.25) is 0 Å². The predicted molar refractivity (Wildman–Crippen MR) is 70.4 cm³/mol. The van der Waals surface area contributed by atoms with Crippen LogP contribution in [0.5, 0.6) is 5.75 Å². The third kappa shape index (κ3) is 3.45. The topological polar surface area (TPSA) is 33.3 Å². The van der Waals surface area contributed by atoms with E-state index >= 15 is 0 Å². The highest BCUT2D eigenvalue weighted by molar-refractivity contribution is 5.30. The number of benzene rings is 1. The van der Waals surface area contributed by atoms with Gasteiger partial charge in [-0.15, -0.1) is 0 Å². The van der Waals surface area contributed by atoms with Gasteiger partial charge in [0.2, 0.25) is 0 Å². The Morgan fingerprint density at radius 1 is 1.29 bits per heavy atom. The average molecular weight is 234 g/mol. The lowest BCUT2D eigenvalue weighted by Crippen LogP contribution is -2.55. The maximum atomic E-state index is 5.71. The van der Waals surface area contributed by atoms with Crippen molar-refractivity contribution < 1.29 is 4.74 Å². The zero-order valence-electron chi connectivity index (χ0n) is 10.9. The molecular weight excluding hydrogens is 212 g/mol. The van der Waals surface area contributed by atoms with Crippen LogP contribution < -0.4 is 15.4 Å². The number of hydrogen-bond acceptors (Lipinski definition) is 3. The number of ether oxygens (including phenoxy) is 1. The van der Waals surface area contributed by atoms with Crippen molar-refractivity contribution in [3.8, 4) is 5.75 Å². The second kappa shape index (κ2) is 5.52. The zero-order chi connectivity index (χ0) is 12.3. The molecule has 0 aliphatic carbocycles. The maximum absolute atomic E-state index is 5.71. The monoisotopic (exact) mass is 234 g/mol. The molecule has 0 aromatic heterocycles. The third-order valence-corrected chi connectivity index (χ3v) is 3.00. The van der Waals surface area contributed by atoms with E-state index in [4.69, 9.17) is 4.74 Å². The fourth-order valence-electron chi connectivity index (χ4n) is 1.99. The van der Waals surface area contributed by atoms with Crippen molar-refractivity contribution >= 4 is 0 Å². The van der Waals surface area contributed by atoms with Crippen LogP contribution in [-0.4, -0.2) is 25.2 Å². The Labute approximate surface area is 104 Å². The SMILES string of the molecule is CC(C)Oc1cccc(C(C)NC2CNC2)c1. The van der Waals surface area contributed by atoms with E-state index in [2.05, 4.69) is 35.8 Å². The maximum Gasteiger partial charge on any atom is 0.120 e. The minimum atomic E-state index is 0.226. The van der Waals surface area contributed by atoms with Crippen molar-refractivity contribution in [2.45, 2.75) is 39.0 Å². The average Bonchev–Trinajstić information content (AvgIpc) is 2.22. The highest BCUT2D eigenvalue weighted by atomic mass is 16.5. The molecule has 1 saturated heterocycles. The van der Waals surface area contributed by atoms with E-state index in [0.717, 1.165) is 18.8 Å². The van der Waals surface area contributed by atoms with E-state index in [1.54, 1.807) is 0 Å². The highest BCUT2D eigenvalue weighted by Gasteiger charge is 2.19. The number of hydrogen-bond donors (Lipinski definition) is 2. The van der Waals surface area contributed by atoms with Crippen LogP contribution in [0.2, 0.25) is 0 Å². The molecule has 0 saturated carbocycles. The molecule has 94 valence electrons. The van der Waals surface area contributed by atoms with Gasteiger partial charge in [0.15, 0.2) is 0 Å². The summed E-state index contributed by atoms with van der Waals surface area (Å²) in [7, 11) is 0. The van der Waals surface area contributed by atoms with E-state index in [-0.39, 0.29) is 6.10 Å². The highest BCUT2D eigenvalue weighted by Crippen LogP contribution is 2.20. The molecule has 1 aromatic rings. The van der Waals surface area contributed by atoms with Crippen LogP contribution >= 0.6 is 0 Å². The fourth-order valence-corrected chi connectivity index (χ4v) is 1.99. The van der Waals surface area contributed by atoms with Crippen LogP contribution in [-0.2, 0) is 0 Å². The molecular formula is C14H22N2O. The predicted octanol–water partition coefficient (Wildman–Crippen LogP) is 2.10. The van der Waals surface area contributed by atoms with Gasteiger partial charge >= 0.3 is 0 Å². The Hall–Kier alpha value is -1.06. The van der Waals surface area contributed by atoms with Crippen LogP contribution in [0.25, 0.3) is 0 Å². The van der Waals surface area contributed by atoms with Crippen molar-refractivity contribution in [3.63, 3.8) is 0 Å². The Bertz CT molecular complexity index is 361. The van der Waals surface area contributed by atoms with Gasteiger partial charge in [-0.05, 0) is 38.5 Å². The van der Waals surface area contributed by atoms with Crippen molar-refractivity contribution in [2.75, 3.05) is 13.1 Å². The Kier molecular flexibility index (Phi) is 4.02. The summed E-state index contributed by atoms with van der Waals surface area (Å²) < 4.78 is 5.71. The normalized spacial score (nSPS) is 17.9. The van der Waals surface area contributed by atoms with Gasteiger partial charge in [0.25, 0.3) is 0 Å². The molecule has 17 heavy (non-hydrogen) atoms. The van der Waals surface area contributed by atoms with Crippen LogP contribution in [0.3, 0.4) is 0 Å². The summed E-state index contributed by atoms with van der Waals surface area (Å²) in [6.45, 7) is 8.45. The van der Waals surface area contributed by atoms with Gasteiger partial charge in [-0.2, -0.15) is 0 Å². The Morgan fingerprint density at radius 3 is 2.65 bits per heavy atom. The molecule has 1 aromatic carbocycles. The van der Waals surface area contributed by atoms with Gasteiger partial charge < -0.3 is 15.4 Å². The van der Waals surface area contributed by atoms with Crippen LogP contribution in [0, 0.1) is 0 Å². The first-order valence-electron chi connectivity index (χ1n) is 6.38. The smallest absolute Gasteiger partial charge is 0.120 e. The summed E-state index contributed by atoms with van der Waals surface area (Å²) in [5.41, 5.74) is 1.29. The van der Waals surface area contributed by atoms with Crippen molar-refractivity contribution in [1.82, 2.24) is 10.6 Å². The number of nitrogens with one attached hydrogen (secondary N) is 2. The molecule has 0 amide bonds. The summed E-state index contributed by atoms with van der Waals surface area (Å²) in [6.07, 6.45) is 0.226. The summed E-state index contributed by atoms with van der Waals surface area (Å²) >= 11 is 0. The number of rotatable bonds is 5. The van der Waals surface area contributed by atoms with E-state index in [0.29, 0.717) is 12.1 Å². The van der Waals surface area contributed by atoms with Crippen molar-refractivity contribution in [3.05, 3.63) is 29.8 Å². The molecule has 2 rings (SSSR count). The van der Waals surface area contributed by atoms with E-state index in [1.807, 2.05) is 19.9 Å². The Morgan fingerprint density at radius 2 is 2.06 bits per heavy atom. The third-order valence-electron chi connectivity index (χ3n) is 3.00. The summed E-state index contributed by atoms with van der Waals surface area (Å²) in [5.74, 6) is 0.956. The molecule has 1 unspecified atom stereocenters. The quantitative estimate of drug-likeness (QED) is 0.818. The molecule has 3 heteroatoms. The molecule has 1 fully saturated rings. The summed E-state index contributed by atoms with van der Waals surface area (Å²) in [4.78, 5) is 0. The van der Waals surface area contributed by atoms with Gasteiger partial charge in [0.05, 0.1) is 6.10 Å². The van der Waals surface area contributed by atoms with Crippen molar-refractivity contribution in [2.24, 2.45) is 0 Å². The largest absolute Gasteiger partial charge is 0.491 e. The molecule has 1 aliphatic rings. The summed E-state index contributed by atoms with van der Waals surface area (Å²) in [5, 5.41) is 6.86. The lowest BCUT2D eigenvalue weighted by atomic mass is 10.1. The molecule has 1 heterocycles. The standard InChI is InChI=1S/C14H22N2O/c1-10(2)17-14-6-4-5-12(7-14)11(3)16-13-8-15-9-13/h4-7,10-11,13,15-16H,8-9H2,1-3H3. The lowest BCUT2D eigenvalue weighted by molar-refractivity contribution is 0.242. The zero-order valence-corrected chi connectivity index (χ0v) is 10.9. The van der Waals surface area contributed by atoms with Crippen LogP contribution in [0.4, 0.5) is 0 Å². The second-order valence-corrected chi connectivity index (χ2v) is 4.98. The molecule has 3 nitrogen and oxygen atoms in total. The van der Waals surface area contributed by atoms with Gasteiger partial charge in [0.1, 0.15) is 5.75 Å². The minimum Gasteiger partial charge on any atom is -0.491 e. The van der Waals surface area contributed by atoms with Gasteiger partial charge in [0, 0.05) is 25.2 Å². The van der Waals surface area contributed by atoms with E-state index < -0.39 is 0 Å². The molecule has 1 atom stereocenters. The second-order valence-electron chi connectivity index (χ2n) is 4.98. The first-order valence-corrected chi connectivity index (χ1v) is 6.38. The van der Waals surface area contributed by atoms with Crippen molar-refractivity contribution in [1.29, 1.82) is 0 Å². The summed E-state index contributed by atoms with van der Waals surface area (Å²) in [6, 6.07) is 9.34. The molecule has 1 aliphatic heterocycles. The molecule has 2 N–H and O–H groups in total. The lowest BCUT2D eigenvalue weighted by Gasteiger charge is -2.31. The fraction of sp³-hybridized carbons (Fsp3) is 0.571. The molecule has 0 bridgehead atoms. The van der Waals surface area contributed by atoms with Gasteiger partial charge in [-0.25, -0.2) is 0 Å². The minimum absolute atomic E-state index is 0.226. The van der Waals surface area contributed by atoms with Gasteiger partial charge in [-0.1, -0.05) is 12.1 Å². The molecule has 0 radical (unpaired) electrons. The first kappa shape index (κ1) is 12.4. The first-order chi connectivity index (χ1) is 8.15.